The third-order valence-electron chi connectivity index (χ3n) is 1.65. The molecule has 0 fully saturated rings. The van der Waals surface area contributed by atoms with Crippen molar-refractivity contribution in [1.29, 1.82) is 0 Å². The van der Waals surface area contributed by atoms with Crippen LogP contribution in [0, 0.1) is 0 Å². The SMILES string of the molecule is Cn1cc(C=O)cc1C(=O)C(Cl)(Cl)Cl. The maximum Gasteiger partial charge on any atom is 0.255 e. The van der Waals surface area contributed by atoms with E-state index in [0.29, 0.717) is 11.8 Å². The summed E-state index contributed by atoms with van der Waals surface area (Å²) in [5.41, 5.74) is 0.553. The smallest absolute Gasteiger partial charge is 0.255 e. The minimum Gasteiger partial charge on any atom is -0.347 e. The van der Waals surface area contributed by atoms with Gasteiger partial charge in [0.05, 0.1) is 5.69 Å². The number of Topliss-reactive ketones (excluding diaryl/α,β-unsaturated/α-hetero) is 1. The average molecular weight is 254 g/mol. The van der Waals surface area contributed by atoms with Crippen molar-refractivity contribution in [3.63, 3.8) is 0 Å². The van der Waals surface area contributed by atoms with Crippen molar-refractivity contribution in [3.8, 4) is 0 Å². The molecule has 0 aromatic carbocycles. The summed E-state index contributed by atoms with van der Waals surface area (Å²) in [7, 11) is 1.59. The number of aromatic nitrogens is 1. The van der Waals surface area contributed by atoms with E-state index in [1.807, 2.05) is 0 Å². The lowest BCUT2D eigenvalue weighted by atomic mass is 10.3. The first-order valence-electron chi connectivity index (χ1n) is 3.59. The summed E-state index contributed by atoms with van der Waals surface area (Å²) in [5.74, 6) is -0.655. The maximum atomic E-state index is 11.5. The van der Waals surface area contributed by atoms with Crippen molar-refractivity contribution in [3.05, 3.63) is 23.5 Å². The van der Waals surface area contributed by atoms with Gasteiger partial charge in [-0.05, 0) is 6.07 Å². The molecule has 1 aromatic heterocycles. The fraction of sp³-hybridized carbons (Fsp3) is 0.250. The monoisotopic (exact) mass is 253 g/mol. The van der Waals surface area contributed by atoms with Crippen molar-refractivity contribution in [2.45, 2.75) is 3.79 Å². The Bertz CT molecular complexity index is 378. The van der Waals surface area contributed by atoms with Crippen molar-refractivity contribution in [2.24, 2.45) is 7.05 Å². The number of carbonyl (C=O) groups excluding carboxylic acids is 2. The van der Waals surface area contributed by atoms with Crippen LogP contribution in [0.2, 0.25) is 0 Å². The van der Waals surface area contributed by atoms with E-state index in [-0.39, 0.29) is 5.69 Å². The lowest BCUT2D eigenvalue weighted by molar-refractivity contribution is 0.0988. The molecule has 0 amide bonds. The van der Waals surface area contributed by atoms with Gasteiger partial charge in [0.25, 0.3) is 3.79 Å². The summed E-state index contributed by atoms with van der Waals surface area (Å²) >= 11 is 16.3. The largest absolute Gasteiger partial charge is 0.347 e. The van der Waals surface area contributed by atoms with Crippen LogP contribution in [0.25, 0.3) is 0 Å². The van der Waals surface area contributed by atoms with Gasteiger partial charge in [0.2, 0.25) is 5.78 Å². The second-order valence-corrected chi connectivity index (χ2v) is 5.00. The van der Waals surface area contributed by atoms with Crippen LogP contribution in [-0.2, 0) is 7.05 Å². The van der Waals surface area contributed by atoms with Crippen LogP contribution in [0.5, 0.6) is 0 Å². The number of hydrogen-bond acceptors (Lipinski definition) is 2. The fourth-order valence-corrected chi connectivity index (χ4v) is 1.32. The number of rotatable bonds is 2. The Kier molecular flexibility index (Phi) is 3.24. The third kappa shape index (κ3) is 2.29. The Balaban J connectivity index is 3.13. The number of carbonyl (C=O) groups is 2. The van der Waals surface area contributed by atoms with Gasteiger partial charge >= 0.3 is 0 Å². The number of alkyl halides is 3. The van der Waals surface area contributed by atoms with Crippen LogP contribution in [-0.4, -0.2) is 20.4 Å². The van der Waals surface area contributed by atoms with E-state index in [1.165, 1.54) is 16.8 Å². The maximum absolute atomic E-state index is 11.5. The Labute approximate surface area is 95.5 Å². The van der Waals surface area contributed by atoms with E-state index in [9.17, 15) is 9.59 Å². The second-order valence-electron chi connectivity index (χ2n) is 2.71. The van der Waals surface area contributed by atoms with Crippen LogP contribution < -0.4 is 0 Å². The quantitative estimate of drug-likeness (QED) is 0.462. The normalized spacial score (nSPS) is 11.4. The Morgan fingerprint density at radius 2 is 2.07 bits per heavy atom. The van der Waals surface area contributed by atoms with E-state index in [2.05, 4.69) is 0 Å². The molecule has 14 heavy (non-hydrogen) atoms. The molecule has 0 saturated heterocycles. The first-order valence-corrected chi connectivity index (χ1v) is 4.72. The van der Waals surface area contributed by atoms with Gasteiger partial charge in [0, 0.05) is 18.8 Å². The number of aldehydes is 1. The van der Waals surface area contributed by atoms with Crippen LogP contribution in [0.4, 0.5) is 0 Å². The molecule has 1 rings (SSSR count). The molecule has 0 bridgehead atoms. The summed E-state index contributed by atoms with van der Waals surface area (Å²) in [5, 5.41) is 0. The zero-order chi connectivity index (χ0) is 10.9. The first kappa shape index (κ1) is 11.6. The van der Waals surface area contributed by atoms with E-state index in [4.69, 9.17) is 34.8 Å². The highest BCUT2D eigenvalue weighted by molar-refractivity contribution is 6.77. The van der Waals surface area contributed by atoms with E-state index < -0.39 is 9.58 Å². The molecule has 76 valence electrons. The zero-order valence-corrected chi connectivity index (χ0v) is 9.40. The van der Waals surface area contributed by atoms with Gasteiger partial charge in [-0.25, -0.2) is 0 Å². The van der Waals surface area contributed by atoms with Crippen molar-refractivity contribution >= 4 is 46.9 Å². The average Bonchev–Trinajstić information content (AvgIpc) is 2.43. The highest BCUT2D eigenvalue weighted by Gasteiger charge is 2.33. The van der Waals surface area contributed by atoms with Crippen molar-refractivity contribution in [1.82, 2.24) is 4.57 Å². The Hall–Kier alpha value is -0.510. The highest BCUT2D eigenvalue weighted by atomic mass is 35.6. The molecule has 1 heterocycles. The topological polar surface area (TPSA) is 39.1 Å². The minimum absolute atomic E-state index is 0.187. The summed E-state index contributed by atoms with van der Waals surface area (Å²) in [6, 6.07) is 1.37. The number of hydrogen-bond donors (Lipinski definition) is 0. The van der Waals surface area contributed by atoms with Crippen LogP contribution in [0.15, 0.2) is 12.3 Å². The fourth-order valence-electron chi connectivity index (χ4n) is 1.03. The summed E-state index contributed by atoms with van der Waals surface area (Å²) in [4.78, 5) is 21.9. The van der Waals surface area contributed by atoms with Crippen LogP contribution >= 0.6 is 34.8 Å². The highest BCUT2D eigenvalue weighted by Crippen LogP contribution is 2.30. The van der Waals surface area contributed by atoms with E-state index in [1.54, 1.807) is 7.05 Å². The molecule has 0 aliphatic rings. The molecule has 0 radical (unpaired) electrons. The van der Waals surface area contributed by atoms with E-state index >= 15 is 0 Å². The molecule has 3 nitrogen and oxygen atoms in total. The molecular formula is C8H6Cl3NO2. The Morgan fingerprint density at radius 3 is 2.43 bits per heavy atom. The molecule has 1 aromatic rings. The molecule has 0 aliphatic heterocycles. The number of ketones is 1. The van der Waals surface area contributed by atoms with Crippen LogP contribution in [0.1, 0.15) is 20.8 Å². The predicted molar refractivity (Wildman–Crippen MR) is 55.4 cm³/mol. The molecule has 0 atom stereocenters. The lowest BCUT2D eigenvalue weighted by Crippen LogP contribution is -2.21. The van der Waals surface area contributed by atoms with Gasteiger partial charge in [-0.3, -0.25) is 9.59 Å². The zero-order valence-electron chi connectivity index (χ0n) is 7.13. The summed E-state index contributed by atoms with van der Waals surface area (Å²) in [6.07, 6.45) is 2.10. The third-order valence-corrected chi connectivity index (χ3v) is 2.17. The predicted octanol–water partition coefficient (Wildman–Crippen LogP) is 2.39. The second kappa shape index (κ2) is 3.93. The summed E-state index contributed by atoms with van der Waals surface area (Å²) < 4.78 is -0.555. The molecule has 0 unspecified atom stereocenters. The van der Waals surface area contributed by atoms with Gasteiger partial charge < -0.3 is 4.57 Å². The van der Waals surface area contributed by atoms with Crippen LogP contribution in [0.3, 0.4) is 0 Å². The number of aryl methyl sites for hydroxylation is 1. The van der Waals surface area contributed by atoms with Gasteiger partial charge in [0.15, 0.2) is 6.29 Å². The van der Waals surface area contributed by atoms with Crippen molar-refractivity contribution in [2.75, 3.05) is 0 Å². The molecular weight excluding hydrogens is 248 g/mol. The lowest BCUT2D eigenvalue weighted by Gasteiger charge is -2.09. The van der Waals surface area contributed by atoms with Gasteiger partial charge in [-0.1, -0.05) is 34.8 Å². The molecule has 0 spiro atoms. The van der Waals surface area contributed by atoms with Gasteiger partial charge in [-0.2, -0.15) is 0 Å². The minimum atomic E-state index is -1.99. The molecule has 6 heteroatoms. The van der Waals surface area contributed by atoms with Gasteiger partial charge in [-0.15, -0.1) is 0 Å². The standard InChI is InChI=1S/C8H6Cl3NO2/c1-12-3-5(4-13)2-6(12)7(14)8(9,10)11/h2-4H,1H3. The first-order chi connectivity index (χ1) is 6.36. The molecule has 0 aliphatic carbocycles. The van der Waals surface area contributed by atoms with Crippen molar-refractivity contribution < 1.29 is 9.59 Å². The molecule has 0 saturated carbocycles. The summed E-state index contributed by atoms with van der Waals surface area (Å²) in [6.45, 7) is 0. The molecule has 0 N–H and O–H groups in total. The van der Waals surface area contributed by atoms with Gasteiger partial charge in [0.1, 0.15) is 0 Å². The number of nitrogens with zero attached hydrogens (tertiary/aromatic N) is 1. The Morgan fingerprint density at radius 1 is 1.50 bits per heavy atom. The van der Waals surface area contributed by atoms with E-state index in [0.717, 1.165) is 0 Å². The number of halogens is 3.